The summed E-state index contributed by atoms with van der Waals surface area (Å²) in [6.45, 7) is -1.24. The number of carboxylic acids is 6. The molecule has 0 saturated heterocycles. The predicted molar refractivity (Wildman–Crippen MR) is 179 cm³/mol. The zero-order valence-electron chi connectivity index (χ0n) is 33.6. The maximum atomic E-state index is 11.0. The van der Waals surface area contributed by atoms with Crippen LogP contribution in [0, 0.1) is 0 Å². The fraction of sp³-hybridized carbons (Fsp3) is 0.786. The Balaban J connectivity index is -0.000000287. The van der Waals surface area contributed by atoms with Gasteiger partial charge in [-0.15, -0.1) is 0 Å². The Kier molecular flexibility index (Phi) is 42.9. The fourth-order valence-corrected chi connectivity index (χ4v) is 8.22. The van der Waals surface area contributed by atoms with Gasteiger partial charge in [-0.05, 0) is 25.9 Å². The topological polar surface area (TPSA) is 298 Å². The second-order valence-electron chi connectivity index (χ2n) is 11.1. The number of hydrogen-bond acceptors (Lipinski definition) is 18. The van der Waals surface area contributed by atoms with Gasteiger partial charge in [-0.2, -0.15) is 0 Å². The maximum absolute atomic E-state index is 11.0. The molecule has 0 radical (unpaired) electrons. The largest absolute Gasteiger partial charge is 1.00 e. The smallest absolute Gasteiger partial charge is 0.549 e. The summed E-state index contributed by atoms with van der Waals surface area (Å²) >= 11 is 0. The Morgan fingerprint density at radius 2 is 0.636 bits per heavy atom. The molecular formula is C28H54N4Na3O18Si2+. The van der Waals surface area contributed by atoms with E-state index in [-0.39, 0.29) is 128 Å². The van der Waals surface area contributed by atoms with Gasteiger partial charge in [0.05, 0.1) is 38.1 Å². The number of nitrogens with zero attached hydrogens (tertiary/aromatic N) is 4. The molecule has 304 valence electrons. The van der Waals surface area contributed by atoms with Gasteiger partial charge in [-0.25, -0.2) is 0 Å². The number of carbonyl (C=O) groups is 6. The molecule has 0 aliphatic rings. The Labute approximate surface area is 390 Å². The molecule has 55 heavy (non-hydrogen) atoms. The first-order chi connectivity index (χ1) is 24.3. The average molecular weight is 860 g/mol. The Hall–Kier alpha value is -0.146. The first kappa shape index (κ1) is 64.0. The number of carboxylic acid groups (broad SMARTS) is 6. The van der Waals surface area contributed by atoms with Crippen LogP contribution >= 0.6 is 0 Å². The number of aliphatic carboxylic acids is 6. The second kappa shape index (κ2) is 36.9. The van der Waals surface area contributed by atoms with Crippen molar-refractivity contribution in [2.45, 2.75) is 24.9 Å². The Morgan fingerprint density at radius 3 is 0.891 bits per heavy atom. The molecule has 0 unspecified atom stereocenters. The van der Waals surface area contributed by atoms with Crippen molar-refractivity contribution in [3.05, 3.63) is 0 Å². The van der Waals surface area contributed by atoms with Gasteiger partial charge < -0.3 is 66.8 Å². The van der Waals surface area contributed by atoms with Crippen molar-refractivity contribution < 1.29 is 175 Å². The Morgan fingerprint density at radius 1 is 0.418 bits per heavy atom. The van der Waals surface area contributed by atoms with Gasteiger partial charge >= 0.3 is 130 Å². The molecule has 0 aromatic carbocycles. The molecule has 0 aliphatic carbocycles. The molecule has 0 atom stereocenters. The van der Waals surface area contributed by atoms with Crippen LogP contribution in [0.2, 0.25) is 12.1 Å². The van der Waals surface area contributed by atoms with Crippen molar-refractivity contribution in [1.82, 2.24) is 19.6 Å². The molecule has 0 heterocycles. The van der Waals surface area contributed by atoms with E-state index in [1.54, 1.807) is 4.90 Å². The first-order valence-corrected chi connectivity index (χ1v) is 19.7. The minimum atomic E-state index is -2.78. The molecule has 27 heteroatoms. The van der Waals surface area contributed by atoms with Crippen molar-refractivity contribution in [2.75, 3.05) is 121 Å². The molecule has 0 aromatic rings. The predicted octanol–water partition coefficient (Wildman–Crippen LogP) is -13.4. The number of carbonyl (C=O) groups excluding carboxylic acids is 2. The van der Waals surface area contributed by atoms with E-state index in [0.29, 0.717) is 38.0 Å². The van der Waals surface area contributed by atoms with Crippen LogP contribution in [0.4, 0.5) is 0 Å². The third-order valence-electron chi connectivity index (χ3n) is 7.39. The molecule has 0 fully saturated rings. The summed E-state index contributed by atoms with van der Waals surface area (Å²) in [5, 5.41) is 57.1. The molecule has 0 spiro atoms. The summed E-state index contributed by atoms with van der Waals surface area (Å²) in [5.41, 5.74) is 0. The summed E-state index contributed by atoms with van der Waals surface area (Å²) in [6, 6.07) is 0.943. The van der Waals surface area contributed by atoms with Gasteiger partial charge in [0.1, 0.15) is 0 Å². The van der Waals surface area contributed by atoms with E-state index < -0.39 is 79.6 Å². The van der Waals surface area contributed by atoms with Gasteiger partial charge in [0.2, 0.25) is 0 Å². The molecule has 0 aromatic heterocycles. The van der Waals surface area contributed by atoms with Crippen LogP contribution in [0.15, 0.2) is 0 Å². The normalized spacial score (nSPS) is 11.2. The SMILES string of the molecule is CO[Si](CCCN(CCN(CC(=O)O)CC(=O)O)CC(=O)O)(OC)OC.CO[Si](CCCN(CCN(CC(=O)[O-])CC(=O)O)CC(=O)[O-])(OC)OC.[Na+].[Na+].[Na+]. The van der Waals surface area contributed by atoms with Gasteiger partial charge in [0.25, 0.3) is 0 Å². The van der Waals surface area contributed by atoms with Crippen molar-refractivity contribution in [3.8, 4) is 0 Å². The summed E-state index contributed by atoms with van der Waals surface area (Å²) in [6.07, 6.45) is 1.06. The van der Waals surface area contributed by atoms with E-state index in [1.165, 1.54) is 52.5 Å². The second-order valence-corrected chi connectivity index (χ2v) is 17.3. The molecule has 4 N–H and O–H groups in total. The van der Waals surface area contributed by atoms with Crippen LogP contribution in [-0.4, -0.2) is 215 Å². The minimum Gasteiger partial charge on any atom is -0.549 e. The van der Waals surface area contributed by atoms with Gasteiger partial charge in [0, 0.05) is 94.0 Å². The van der Waals surface area contributed by atoms with Crippen molar-refractivity contribution >= 4 is 53.4 Å². The summed E-state index contributed by atoms with van der Waals surface area (Å²) in [7, 11) is 3.36. The zero-order valence-corrected chi connectivity index (χ0v) is 41.6. The van der Waals surface area contributed by atoms with Crippen molar-refractivity contribution in [2.24, 2.45) is 0 Å². The quantitative estimate of drug-likeness (QED) is 0.0457. The molecular weight excluding hydrogens is 805 g/mol. The van der Waals surface area contributed by atoms with E-state index in [1.807, 2.05) is 0 Å². The van der Waals surface area contributed by atoms with Crippen LogP contribution in [-0.2, 0) is 55.3 Å². The summed E-state index contributed by atoms with van der Waals surface area (Å²) < 4.78 is 31.8. The van der Waals surface area contributed by atoms with Crippen LogP contribution in [0.5, 0.6) is 0 Å². The third-order valence-corrected chi connectivity index (χ3v) is 13.1. The first-order valence-electron chi connectivity index (χ1n) is 15.8. The Bertz CT molecular complexity index is 970. The molecule has 0 rings (SSSR count). The van der Waals surface area contributed by atoms with Crippen LogP contribution in [0.25, 0.3) is 0 Å². The molecule has 0 amide bonds. The standard InChI is InChI=1S/2C14H28N2O9Si.3Na/c2*1-23-26(24-2,25-3)8-4-5-15(9-12(17)18)6-7-16(10-13(19)20)11-14(21)22;;;/h2*4-11H2,1-3H3,(H,17,18)(H,19,20)(H,21,22);;;/q;;3*+1/p-2. The maximum Gasteiger partial charge on any atom is 1.00 e. The van der Waals surface area contributed by atoms with Gasteiger partial charge in [-0.3, -0.25) is 38.8 Å². The summed E-state index contributed by atoms with van der Waals surface area (Å²) in [5.74, 6) is -7.20. The molecule has 0 aliphatic heterocycles. The van der Waals surface area contributed by atoms with Crippen molar-refractivity contribution in [3.63, 3.8) is 0 Å². The molecule has 0 bridgehead atoms. The van der Waals surface area contributed by atoms with Crippen LogP contribution < -0.4 is 98.9 Å². The number of rotatable bonds is 32. The van der Waals surface area contributed by atoms with Gasteiger partial charge in [-0.1, -0.05) is 0 Å². The average Bonchev–Trinajstić information content (AvgIpc) is 3.05. The molecule has 22 nitrogen and oxygen atoms in total. The summed E-state index contributed by atoms with van der Waals surface area (Å²) in [4.78, 5) is 70.6. The van der Waals surface area contributed by atoms with E-state index in [2.05, 4.69) is 0 Å². The van der Waals surface area contributed by atoms with E-state index in [9.17, 15) is 39.0 Å². The minimum absolute atomic E-state index is 0. The molecule has 0 saturated carbocycles. The van der Waals surface area contributed by atoms with E-state index in [0.717, 1.165) is 4.90 Å². The van der Waals surface area contributed by atoms with Crippen LogP contribution in [0.3, 0.4) is 0 Å². The van der Waals surface area contributed by atoms with Gasteiger partial charge in [0.15, 0.2) is 0 Å². The monoisotopic (exact) mass is 859 g/mol. The van der Waals surface area contributed by atoms with Crippen LogP contribution in [0.1, 0.15) is 12.8 Å². The third kappa shape index (κ3) is 33.4. The fourth-order valence-electron chi connectivity index (χ4n) is 4.81. The van der Waals surface area contributed by atoms with E-state index in [4.69, 9.17) is 47.0 Å². The zero-order chi connectivity index (χ0) is 40.3. The van der Waals surface area contributed by atoms with E-state index >= 15 is 0 Å². The number of hydrogen-bond donors (Lipinski definition) is 4. The van der Waals surface area contributed by atoms with Crippen molar-refractivity contribution in [1.29, 1.82) is 0 Å².